The molecule has 2 heterocycles. The van der Waals surface area contributed by atoms with Gasteiger partial charge in [-0.2, -0.15) is 4.98 Å². The number of piperidine rings is 1. The van der Waals surface area contributed by atoms with Crippen molar-refractivity contribution >= 4 is 10.0 Å². The van der Waals surface area contributed by atoms with Crippen LogP contribution >= 0.6 is 0 Å². The van der Waals surface area contributed by atoms with E-state index in [0.29, 0.717) is 37.6 Å². The third-order valence-electron chi connectivity index (χ3n) is 5.27. The van der Waals surface area contributed by atoms with E-state index in [9.17, 15) is 8.42 Å². The normalized spacial score (nSPS) is 15.9. The van der Waals surface area contributed by atoms with E-state index in [0.717, 1.165) is 11.3 Å². The second-order valence-electron chi connectivity index (χ2n) is 7.56. The lowest BCUT2D eigenvalue weighted by molar-refractivity contribution is 0.241. The van der Waals surface area contributed by atoms with Crippen molar-refractivity contribution in [3.63, 3.8) is 0 Å². The van der Waals surface area contributed by atoms with Crippen molar-refractivity contribution in [2.24, 2.45) is 0 Å². The minimum Gasteiger partial charge on any atom is -0.484 e. The lowest BCUT2D eigenvalue weighted by Gasteiger charge is -2.29. The van der Waals surface area contributed by atoms with Gasteiger partial charge in [0.25, 0.3) is 5.89 Å². The van der Waals surface area contributed by atoms with E-state index in [4.69, 9.17) is 9.26 Å². The fraction of sp³-hybridized carbons (Fsp3) is 0.364. The molecule has 2 aromatic carbocycles. The smallest absolute Gasteiger partial charge is 0.264 e. The molecule has 7 nitrogen and oxygen atoms in total. The Balaban J connectivity index is 1.30. The van der Waals surface area contributed by atoms with Crippen LogP contribution in [0.25, 0.3) is 0 Å². The summed E-state index contributed by atoms with van der Waals surface area (Å²) in [5.74, 6) is 1.91. The van der Waals surface area contributed by atoms with Gasteiger partial charge >= 0.3 is 0 Å². The molecule has 1 saturated heterocycles. The lowest BCUT2D eigenvalue weighted by atomic mass is 9.98. The van der Waals surface area contributed by atoms with Gasteiger partial charge in [-0.1, -0.05) is 53.2 Å². The van der Waals surface area contributed by atoms with Crippen molar-refractivity contribution in [3.05, 3.63) is 77.4 Å². The third-order valence-corrected chi connectivity index (χ3v) is 7.12. The van der Waals surface area contributed by atoms with Crippen molar-refractivity contribution in [2.75, 3.05) is 13.1 Å². The molecule has 0 bridgehead atoms. The van der Waals surface area contributed by atoms with Crippen LogP contribution in [0.5, 0.6) is 5.75 Å². The van der Waals surface area contributed by atoms with Crippen molar-refractivity contribution in [2.45, 2.75) is 38.0 Å². The predicted molar refractivity (Wildman–Crippen MR) is 112 cm³/mol. The van der Waals surface area contributed by atoms with Gasteiger partial charge in [0.15, 0.2) is 12.4 Å². The Kier molecular flexibility index (Phi) is 6.15. The number of nitrogens with zero attached hydrogens (tertiary/aromatic N) is 3. The molecule has 158 valence electrons. The third kappa shape index (κ3) is 5.06. The van der Waals surface area contributed by atoms with Gasteiger partial charge in [0.2, 0.25) is 10.0 Å². The van der Waals surface area contributed by atoms with Crippen molar-refractivity contribution in [1.29, 1.82) is 0 Å². The maximum absolute atomic E-state index is 12.7. The minimum absolute atomic E-state index is 0.0290. The van der Waals surface area contributed by atoms with E-state index in [1.807, 2.05) is 61.5 Å². The van der Waals surface area contributed by atoms with E-state index in [-0.39, 0.29) is 18.3 Å². The molecule has 4 rings (SSSR count). The number of aromatic nitrogens is 2. The van der Waals surface area contributed by atoms with E-state index >= 15 is 0 Å². The monoisotopic (exact) mass is 427 g/mol. The molecule has 3 aromatic rings. The standard InChI is InChI=1S/C22H25N3O4S/c1-17-7-9-20(10-8-17)28-15-21-23-22(24-29-21)19-11-13-25(14-12-19)30(26,27)16-18-5-3-2-4-6-18/h2-10,19H,11-16H2,1H3. The molecule has 0 amide bonds. The number of benzene rings is 2. The SMILES string of the molecule is Cc1ccc(OCc2nc(C3CCN(S(=O)(=O)Cc4ccccc4)CC3)no2)cc1. The summed E-state index contributed by atoms with van der Waals surface area (Å²) in [6, 6.07) is 17.0. The van der Waals surface area contributed by atoms with Crippen LogP contribution in [0, 0.1) is 6.92 Å². The van der Waals surface area contributed by atoms with E-state index < -0.39 is 10.0 Å². The molecule has 0 atom stereocenters. The zero-order chi connectivity index (χ0) is 21.0. The summed E-state index contributed by atoms with van der Waals surface area (Å²) in [5.41, 5.74) is 1.97. The first-order valence-corrected chi connectivity index (χ1v) is 11.6. The molecule has 1 fully saturated rings. The van der Waals surface area contributed by atoms with Gasteiger partial charge in [-0.05, 0) is 37.5 Å². The Morgan fingerprint density at radius 3 is 2.47 bits per heavy atom. The van der Waals surface area contributed by atoms with Crippen LogP contribution in [0.4, 0.5) is 0 Å². The first kappa shape index (κ1) is 20.6. The number of hydrogen-bond donors (Lipinski definition) is 0. The van der Waals surface area contributed by atoms with Gasteiger partial charge < -0.3 is 9.26 Å². The van der Waals surface area contributed by atoms with Gasteiger partial charge in [-0.15, -0.1) is 0 Å². The highest BCUT2D eigenvalue weighted by Gasteiger charge is 2.30. The van der Waals surface area contributed by atoms with E-state index in [2.05, 4.69) is 10.1 Å². The first-order valence-electron chi connectivity index (χ1n) is 10.0. The van der Waals surface area contributed by atoms with Crippen LogP contribution in [0.2, 0.25) is 0 Å². The van der Waals surface area contributed by atoms with Gasteiger partial charge in [0.1, 0.15) is 5.75 Å². The highest BCUT2D eigenvalue weighted by molar-refractivity contribution is 7.88. The molecule has 0 spiro atoms. The Morgan fingerprint density at radius 2 is 1.77 bits per heavy atom. The van der Waals surface area contributed by atoms with Crippen LogP contribution in [-0.2, 0) is 22.4 Å². The number of hydrogen-bond acceptors (Lipinski definition) is 6. The predicted octanol–water partition coefficient (Wildman–Crippen LogP) is 3.67. The molecule has 30 heavy (non-hydrogen) atoms. The fourth-order valence-corrected chi connectivity index (χ4v) is 5.10. The summed E-state index contributed by atoms with van der Waals surface area (Å²) in [5, 5.41) is 4.09. The Bertz CT molecular complexity index is 1060. The molecule has 0 N–H and O–H groups in total. The highest BCUT2D eigenvalue weighted by Crippen LogP contribution is 2.28. The summed E-state index contributed by atoms with van der Waals surface area (Å²) in [6.45, 7) is 3.15. The molecular formula is C22H25N3O4S. The molecule has 0 unspecified atom stereocenters. The van der Waals surface area contributed by atoms with Crippen LogP contribution in [0.15, 0.2) is 59.1 Å². The molecule has 1 aliphatic rings. The summed E-state index contributed by atoms with van der Waals surface area (Å²) in [6.07, 6.45) is 1.34. The zero-order valence-corrected chi connectivity index (χ0v) is 17.7. The van der Waals surface area contributed by atoms with Crippen molar-refractivity contribution < 1.29 is 17.7 Å². The van der Waals surface area contributed by atoms with Gasteiger partial charge in [-0.25, -0.2) is 12.7 Å². The number of ether oxygens (including phenoxy) is 1. The van der Waals surface area contributed by atoms with E-state index in [1.165, 1.54) is 5.56 Å². The Hall–Kier alpha value is -2.71. The molecule has 0 radical (unpaired) electrons. The van der Waals surface area contributed by atoms with Crippen molar-refractivity contribution in [3.8, 4) is 5.75 Å². The first-order chi connectivity index (χ1) is 14.5. The van der Waals surface area contributed by atoms with Crippen LogP contribution in [0.1, 0.15) is 41.6 Å². The topological polar surface area (TPSA) is 85.5 Å². The van der Waals surface area contributed by atoms with Crippen LogP contribution in [0.3, 0.4) is 0 Å². The summed E-state index contributed by atoms with van der Waals surface area (Å²) in [4.78, 5) is 4.45. The van der Waals surface area contributed by atoms with Crippen LogP contribution < -0.4 is 4.74 Å². The van der Waals surface area contributed by atoms with Crippen molar-refractivity contribution in [1.82, 2.24) is 14.4 Å². The van der Waals surface area contributed by atoms with Gasteiger partial charge in [-0.3, -0.25) is 0 Å². The average Bonchev–Trinajstić information content (AvgIpc) is 3.23. The second-order valence-corrected chi connectivity index (χ2v) is 9.53. The summed E-state index contributed by atoms with van der Waals surface area (Å²) in [7, 11) is -3.33. The molecule has 1 aliphatic heterocycles. The zero-order valence-electron chi connectivity index (χ0n) is 16.9. The maximum Gasteiger partial charge on any atom is 0.264 e. The largest absolute Gasteiger partial charge is 0.484 e. The fourth-order valence-electron chi connectivity index (χ4n) is 3.54. The van der Waals surface area contributed by atoms with E-state index in [1.54, 1.807) is 4.31 Å². The highest BCUT2D eigenvalue weighted by atomic mass is 32.2. The molecule has 0 aliphatic carbocycles. The maximum atomic E-state index is 12.7. The average molecular weight is 428 g/mol. The summed E-state index contributed by atoms with van der Waals surface area (Å²) < 4.78 is 38.0. The van der Waals surface area contributed by atoms with Gasteiger partial charge in [0.05, 0.1) is 5.75 Å². The molecule has 1 aromatic heterocycles. The number of aryl methyl sites for hydroxylation is 1. The quantitative estimate of drug-likeness (QED) is 0.572. The Labute approximate surface area is 176 Å². The van der Waals surface area contributed by atoms with Gasteiger partial charge in [0, 0.05) is 19.0 Å². The number of sulfonamides is 1. The minimum atomic E-state index is -3.33. The molecular weight excluding hydrogens is 402 g/mol. The second kappa shape index (κ2) is 8.97. The lowest BCUT2D eigenvalue weighted by Crippen LogP contribution is -2.38. The summed E-state index contributed by atoms with van der Waals surface area (Å²) >= 11 is 0. The van der Waals surface area contributed by atoms with Crippen LogP contribution in [-0.4, -0.2) is 36.0 Å². The molecule has 0 saturated carbocycles. The number of rotatable bonds is 7. The molecule has 8 heteroatoms. The Morgan fingerprint density at radius 1 is 1.07 bits per heavy atom.